The first-order valence-corrected chi connectivity index (χ1v) is 8.96. The fraction of sp³-hybridized carbons (Fsp3) is 0.333. The summed E-state index contributed by atoms with van der Waals surface area (Å²) in [5, 5.41) is 2.95. The molecule has 136 valence electrons. The van der Waals surface area contributed by atoms with E-state index < -0.39 is 0 Å². The van der Waals surface area contributed by atoms with Crippen molar-refractivity contribution in [2.45, 2.75) is 33.9 Å². The van der Waals surface area contributed by atoms with Gasteiger partial charge in [0.15, 0.2) is 0 Å². The zero-order valence-electron chi connectivity index (χ0n) is 15.5. The van der Waals surface area contributed by atoms with Gasteiger partial charge < -0.3 is 14.6 Å². The van der Waals surface area contributed by atoms with Crippen molar-refractivity contribution in [3.8, 4) is 5.75 Å². The Bertz CT molecular complexity index is 899. The van der Waals surface area contributed by atoms with Gasteiger partial charge in [0, 0.05) is 5.92 Å². The fourth-order valence-electron chi connectivity index (χ4n) is 2.85. The minimum Gasteiger partial charge on any atom is -0.491 e. The van der Waals surface area contributed by atoms with E-state index in [0.717, 1.165) is 28.2 Å². The number of aromatic nitrogens is 2. The molecule has 0 unspecified atom stereocenters. The highest BCUT2D eigenvalue weighted by atomic mass is 16.5. The summed E-state index contributed by atoms with van der Waals surface area (Å²) in [6, 6.07) is 16.0. The number of para-hydroxylation sites is 3. The molecule has 0 saturated heterocycles. The highest BCUT2D eigenvalue weighted by molar-refractivity contribution is 5.78. The summed E-state index contributed by atoms with van der Waals surface area (Å²) in [5.74, 6) is 1.72. The van der Waals surface area contributed by atoms with Gasteiger partial charge in [-0.05, 0) is 30.7 Å². The third kappa shape index (κ3) is 4.04. The van der Waals surface area contributed by atoms with Crippen molar-refractivity contribution >= 4 is 16.9 Å². The number of amides is 1. The number of benzene rings is 2. The molecular formula is C21H25N3O2. The zero-order chi connectivity index (χ0) is 18.5. The van der Waals surface area contributed by atoms with Crippen LogP contribution in [0.2, 0.25) is 0 Å². The number of carbonyl (C=O) groups is 1. The Morgan fingerprint density at radius 3 is 2.65 bits per heavy atom. The molecule has 0 aliphatic carbocycles. The number of imidazole rings is 1. The van der Waals surface area contributed by atoms with Crippen molar-refractivity contribution in [3.05, 3.63) is 59.9 Å². The molecule has 1 N–H and O–H groups in total. The van der Waals surface area contributed by atoms with Crippen molar-refractivity contribution in [3.63, 3.8) is 0 Å². The second-order valence-electron chi connectivity index (χ2n) is 6.65. The summed E-state index contributed by atoms with van der Waals surface area (Å²) in [5.41, 5.74) is 3.10. The van der Waals surface area contributed by atoms with Crippen molar-refractivity contribution in [2.24, 2.45) is 5.92 Å². The summed E-state index contributed by atoms with van der Waals surface area (Å²) in [6.45, 7) is 7.42. The van der Waals surface area contributed by atoms with Gasteiger partial charge in [-0.25, -0.2) is 4.98 Å². The van der Waals surface area contributed by atoms with E-state index in [1.54, 1.807) is 0 Å². The monoisotopic (exact) mass is 351 g/mol. The summed E-state index contributed by atoms with van der Waals surface area (Å²) in [4.78, 5) is 16.6. The Morgan fingerprint density at radius 1 is 1.15 bits per heavy atom. The molecule has 0 fully saturated rings. The standard InChI is InChI=1S/C21H25N3O2/c1-15(2)21(25)22-14-20-23-17-9-5-6-10-18(17)24(20)12-13-26-19-11-7-4-8-16(19)3/h4-11,15H,12-14H2,1-3H3,(H,22,25). The number of hydrogen-bond donors (Lipinski definition) is 1. The average Bonchev–Trinajstić information content (AvgIpc) is 2.99. The quantitative estimate of drug-likeness (QED) is 0.706. The van der Waals surface area contributed by atoms with Crippen LogP contribution in [0.4, 0.5) is 0 Å². The van der Waals surface area contributed by atoms with Crippen LogP contribution in [0.15, 0.2) is 48.5 Å². The van der Waals surface area contributed by atoms with E-state index in [9.17, 15) is 4.79 Å². The van der Waals surface area contributed by atoms with Crippen LogP contribution in [-0.2, 0) is 17.9 Å². The van der Waals surface area contributed by atoms with Crippen LogP contribution in [0.25, 0.3) is 11.0 Å². The Balaban J connectivity index is 1.76. The van der Waals surface area contributed by atoms with Gasteiger partial charge >= 0.3 is 0 Å². The van der Waals surface area contributed by atoms with Gasteiger partial charge in [-0.3, -0.25) is 4.79 Å². The molecule has 26 heavy (non-hydrogen) atoms. The van der Waals surface area contributed by atoms with E-state index in [1.807, 2.05) is 69.3 Å². The number of aryl methyl sites for hydroxylation is 1. The third-order valence-electron chi connectivity index (χ3n) is 4.34. The molecule has 0 radical (unpaired) electrons. The average molecular weight is 351 g/mol. The highest BCUT2D eigenvalue weighted by Crippen LogP contribution is 2.18. The van der Waals surface area contributed by atoms with Gasteiger partial charge in [-0.1, -0.05) is 44.2 Å². The van der Waals surface area contributed by atoms with E-state index in [2.05, 4.69) is 14.9 Å². The fourth-order valence-corrected chi connectivity index (χ4v) is 2.85. The van der Waals surface area contributed by atoms with E-state index in [0.29, 0.717) is 19.7 Å². The van der Waals surface area contributed by atoms with Crippen LogP contribution in [0, 0.1) is 12.8 Å². The maximum absolute atomic E-state index is 11.9. The van der Waals surface area contributed by atoms with Crippen molar-refractivity contribution in [2.75, 3.05) is 6.61 Å². The number of nitrogens with zero attached hydrogens (tertiary/aromatic N) is 2. The van der Waals surface area contributed by atoms with Crippen LogP contribution in [-0.4, -0.2) is 22.1 Å². The third-order valence-corrected chi connectivity index (χ3v) is 4.34. The molecule has 0 atom stereocenters. The van der Waals surface area contributed by atoms with Gasteiger partial charge in [0.25, 0.3) is 0 Å². The van der Waals surface area contributed by atoms with E-state index in [-0.39, 0.29) is 11.8 Å². The molecule has 0 aliphatic heterocycles. The summed E-state index contributed by atoms with van der Waals surface area (Å²) in [7, 11) is 0. The first kappa shape index (κ1) is 18.0. The number of hydrogen-bond acceptors (Lipinski definition) is 3. The Hall–Kier alpha value is -2.82. The van der Waals surface area contributed by atoms with Crippen LogP contribution < -0.4 is 10.1 Å². The molecule has 3 aromatic rings. The Kier molecular flexibility index (Phi) is 5.56. The maximum Gasteiger partial charge on any atom is 0.222 e. The first-order valence-electron chi connectivity index (χ1n) is 8.96. The minimum absolute atomic E-state index is 0.0276. The molecule has 3 rings (SSSR count). The molecule has 0 aliphatic rings. The summed E-state index contributed by atoms with van der Waals surface area (Å²) >= 11 is 0. The van der Waals surface area contributed by atoms with E-state index >= 15 is 0 Å². The second kappa shape index (κ2) is 8.04. The van der Waals surface area contributed by atoms with Crippen molar-refractivity contribution in [1.29, 1.82) is 0 Å². The largest absolute Gasteiger partial charge is 0.491 e. The molecule has 0 bridgehead atoms. The van der Waals surface area contributed by atoms with Crippen molar-refractivity contribution in [1.82, 2.24) is 14.9 Å². The van der Waals surface area contributed by atoms with Crippen LogP contribution in [0.3, 0.4) is 0 Å². The van der Waals surface area contributed by atoms with Crippen molar-refractivity contribution < 1.29 is 9.53 Å². The number of ether oxygens (including phenoxy) is 1. The predicted molar refractivity (Wildman–Crippen MR) is 103 cm³/mol. The van der Waals surface area contributed by atoms with E-state index in [4.69, 9.17) is 4.74 Å². The van der Waals surface area contributed by atoms with Gasteiger partial charge in [-0.15, -0.1) is 0 Å². The molecule has 1 aromatic heterocycles. The Morgan fingerprint density at radius 2 is 1.88 bits per heavy atom. The summed E-state index contributed by atoms with van der Waals surface area (Å²) in [6.07, 6.45) is 0. The lowest BCUT2D eigenvalue weighted by Gasteiger charge is -2.13. The topological polar surface area (TPSA) is 56.1 Å². The molecule has 5 nitrogen and oxygen atoms in total. The number of rotatable bonds is 7. The molecule has 1 amide bonds. The van der Waals surface area contributed by atoms with E-state index in [1.165, 1.54) is 0 Å². The number of nitrogens with one attached hydrogen (secondary N) is 1. The number of carbonyl (C=O) groups excluding carboxylic acids is 1. The van der Waals surface area contributed by atoms with Gasteiger partial charge in [0.2, 0.25) is 5.91 Å². The van der Waals surface area contributed by atoms with Gasteiger partial charge in [-0.2, -0.15) is 0 Å². The van der Waals surface area contributed by atoms with Crippen LogP contribution >= 0.6 is 0 Å². The molecule has 0 saturated carbocycles. The van der Waals surface area contributed by atoms with Crippen LogP contribution in [0.5, 0.6) is 5.75 Å². The summed E-state index contributed by atoms with van der Waals surface area (Å²) < 4.78 is 8.06. The predicted octanol–water partition coefficient (Wildman–Crippen LogP) is 3.70. The van der Waals surface area contributed by atoms with Crippen LogP contribution in [0.1, 0.15) is 25.2 Å². The Labute approximate surface area is 154 Å². The smallest absolute Gasteiger partial charge is 0.222 e. The highest BCUT2D eigenvalue weighted by Gasteiger charge is 2.13. The molecule has 1 heterocycles. The number of fused-ring (bicyclic) bond motifs is 1. The minimum atomic E-state index is -0.0442. The lowest BCUT2D eigenvalue weighted by molar-refractivity contribution is -0.124. The molecule has 2 aromatic carbocycles. The first-order chi connectivity index (χ1) is 12.6. The molecule has 0 spiro atoms. The lowest BCUT2D eigenvalue weighted by atomic mass is 10.2. The molecular weight excluding hydrogens is 326 g/mol. The zero-order valence-corrected chi connectivity index (χ0v) is 15.5. The molecule has 5 heteroatoms. The second-order valence-corrected chi connectivity index (χ2v) is 6.65. The maximum atomic E-state index is 11.9. The normalized spacial score (nSPS) is 11.1. The van der Waals surface area contributed by atoms with Gasteiger partial charge in [0.05, 0.1) is 24.1 Å². The lowest BCUT2D eigenvalue weighted by Crippen LogP contribution is -2.28. The SMILES string of the molecule is Cc1ccccc1OCCn1c(CNC(=O)C(C)C)nc2ccccc21. The van der Waals surface area contributed by atoms with Gasteiger partial charge in [0.1, 0.15) is 18.2 Å².